The second-order valence-corrected chi connectivity index (χ2v) is 7.12. The van der Waals surface area contributed by atoms with Crippen LogP contribution in [0.2, 0.25) is 0 Å². The molecule has 0 N–H and O–H groups in total. The van der Waals surface area contributed by atoms with Crippen molar-refractivity contribution in [2.45, 2.75) is 57.0 Å². The molecule has 18 heavy (non-hydrogen) atoms. The molecule has 3 nitrogen and oxygen atoms in total. The maximum atomic E-state index is 12.7. The number of sulfonamides is 1. The molecule has 0 aliphatic carbocycles. The van der Waals surface area contributed by atoms with Crippen LogP contribution in [0.4, 0.5) is 0 Å². The molecule has 1 aliphatic rings. The van der Waals surface area contributed by atoms with Gasteiger partial charge in [0, 0.05) is 12.1 Å². The fourth-order valence-electron chi connectivity index (χ4n) is 2.77. The summed E-state index contributed by atoms with van der Waals surface area (Å²) in [6.45, 7) is 5.92. The largest absolute Gasteiger partial charge is 0.243 e. The zero-order valence-corrected chi connectivity index (χ0v) is 12.1. The summed E-state index contributed by atoms with van der Waals surface area (Å²) in [5.74, 6) is 0. The van der Waals surface area contributed by atoms with Crippen LogP contribution in [0.3, 0.4) is 0 Å². The highest BCUT2D eigenvalue weighted by molar-refractivity contribution is 7.89. The van der Waals surface area contributed by atoms with Gasteiger partial charge in [-0.2, -0.15) is 4.31 Å². The highest BCUT2D eigenvalue weighted by atomic mass is 32.2. The van der Waals surface area contributed by atoms with E-state index in [-0.39, 0.29) is 12.1 Å². The Balaban J connectivity index is 2.41. The molecule has 0 radical (unpaired) electrons. The topological polar surface area (TPSA) is 37.4 Å². The van der Waals surface area contributed by atoms with E-state index in [1.165, 1.54) is 0 Å². The minimum Gasteiger partial charge on any atom is -0.207 e. The van der Waals surface area contributed by atoms with Gasteiger partial charge in [-0.25, -0.2) is 8.42 Å². The molecule has 1 fully saturated rings. The van der Waals surface area contributed by atoms with E-state index in [0.29, 0.717) is 4.90 Å². The maximum absolute atomic E-state index is 12.7. The summed E-state index contributed by atoms with van der Waals surface area (Å²) < 4.78 is 27.1. The third-order valence-corrected chi connectivity index (χ3v) is 5.80. The van der Waals surface area contributed by atoms with Gasteiger partial charge in [0.05, 0.1) is 4.90 Å². The maximum Gasteiger partial charge on any atom is 0.243 e. The van der Waals surface area contributed by atoms with Crippen molar-refractivity contribution in [3.63, 3.8) is 0 Å². The Bertz CT molecular complexity index is 514. The third-order valence-electron chi connectivity index (χ3n) is 3.68. The van der Waals surface area contributed by atoms with Crippen molar-refractivity contribution >= 4 is 10.0 Å². The molecule has 0 amide bonds. The minimum absolute atomic E-state index is 0.0965. The standard InChI is InChI=1S/C14H21NO2S/c1-11-6-4-9-14(10-11)18(16,17)15-12(2)7-5-8-13(15)3/h4,6,9-10,12-13H,5,7-8H2,1-3H3. The summed E-state index contributed by atoms with van der Waals surface area (Å²) in [4.78, 5) is 0.420. The number of hydrogen-bond acceptors (Lipinski definition) is 2. The van der Waals surface area contributed by atoms with E-state index in [9.17, 15) is 8.42 Å². The lowest BCUT2D eigenvalue weighted by Crippen LogP contribution is -2.47. The summed E-state index contributed by atoms with van der Waals surface area (Å²) in [6, 6.07) is 7.36. The van der Waals surface area contributed by atoms with Gasteiger partial charge in [-0.05, 0) is 51.3 Å². The first-order valence-corrected chi connectivity index (χ1v) is 7.97. The summed E-state index contributed by atoms with van der Waals surface area (Å²) in [5, 5.41) is 0. The van der Waals surface area contributed by atoms with Gasteiger partial charge in [-0.1, -0.05) is 18.6 Å². The lowest BCUT2D eigenvalue weighted by Gasteiger charge is -2.37. The van der Waals surface area contributed by atoms with Crippen LogP contribution in [-0.4, -0.2) is 24.8 Å². The van der Waals surface area contributed by atoms with Gasteiger partial charge in [0.2, 0.25) is 10.0 Å². The molecule has 1 aliphatic heterocycles. The van der Waals surface area contributed by atoms with E-state index in [1.807, 2.05) is 32.9 Å². The van der Waals surface area contributed by atoms with Crippen LogP contribution in [0.1, 0.15) is 38.7 Å². The third kappa shape index (κ3) is 2.45. The fraction of sp³-hybridized carbons (Fsp3) is 0.571. The smallest absolute Gasteiger partial charge is 0.207 e. The van der Waals surface area contributed by atoms with Gasteiger partial charge in [0.1, 0.15) is 0 Å². The Morgan fingerprint density at radius 2 is 1.78 bits per heavy atom. The van der Waals surface area contributed by atoms with Gasteiger partial charge in [-0.3, -0.25) is 0 Å². The summed E-state index contributed by atoms with van der Waals surface area (Å²) in [6.07, 6.45) is 3.02. The first-order chi connectivity index (χ1) is 8.43. The quantitative estimate of drug-likeness (QED) is 0.826. The first-order valence-electron chi connectivity index (χ1n) is 6.53. The zero-order chi connectivity index (χ0) is 13.3. The minimum atomic E-state index is -3.35. The van der Waals surface area contributed by atoms with Crippen LogP contribution >= 0.6 is 0 Å². The predicted molar refractivity (Wildman–Crippen MR) is 73.0 cm³/mol. The van der Waals surface area contributed by atoms with Crippen molar-refractivity contribution < 1.29 is 8.42 Å². The van der Waals surface area contributed by atoms with E-state index in [1.54, 1.807) is 16.4 Å². The summed E-state index contributed by atoms with van der Waals surface area (Å²) in [5.41, 5.74) is 0.980. The second-order valence-electron chi connectivity index (χ2n) is 5.28. The normalized spacial score (nSPS) is 26.2. The molecule has 1 aromatic rings. The molecule has 2 unspecified atom stereocenters. The van der Waals surface area contributed by atoms with Crippen molar-refractivity contribution in [1.29, 1.82) is 0 Å². The zero-order valence-electron chi connectivity index (χ0n) is 11.3. The van der Waals surface area contributed by atoms with Crippen LogP contribution in [0.25, 0.3) is 0 Å². The molecule has 1 aromatic carbocycles. The summed E-state index contributed by atoms with van der Waals surface area (Å²) >= 11 is 0. The van der Waals surface area contributed by atoms with E-state index in [4.69, 9.17) is 0 Å². The molecule has 4 heteroatoms. The SMILES string of the molecule is Cc1cccc(S(=O)(=O)N2C(C)CCCC2C)c1. The number of nitrogens with zero attached hydrogens (tertiary/aromatic N) is 1. The molecule has 1 heterocycles. The van der Waals surface area contributed by atoms with Crippen LogP contribution in [0, 0.1) is 6.92 Å². The Hall–Kier alpha value is -0.870. The molecule has 0 saturated carbocycles. The van der Waals surface area contributed by atoms with Gasteiger partial charge in [-0.15, -0.1) is 0 Å². The van der Waals surface area contributed by atoms with Gasteiger partial charge >= 0.3 is 0 Å². The highest BCUT2D eigenvalue weighted by Gasteiger charge is 2.35. The lowest BCUT2D eigenvalue weighted by atomic mass is 10.0. The van der Waals surface area contributed by atoms with Crippen LogP contribution in [0.15, 0.2) is 29.2 Å². The van der Waals surface area contributed by atoms with Crippen LogP contribution in [0.5, 0.6) is 0 Å². The van der Waals surface area contributed by atoms with Gasteiger partial charge in [0.15, 0.2) is 0 Å². The van der Waals surface area contributed by atoms with Crippen molar-refractivity contribution in [2.75, 3.05) is 0 Å². The lowest BCUT2D eigenvalue weighted by molar-refractivity contribution is 0.204. The Kier molecular flexibility index (Phi) is 3.78. The molecular formula is C14H21NO2S. The van der Waals surface area contributed by atoms with Crippen molar-refractivity contribution in [3.8, 4) is 0 Å². The van der Waals surface area contributed by atoms with Crippen LogP contribution in [-0.2, 0) is 10.0 Å². The Labute approximate surface area is 110 Å². The predicted octanol–water partition coefficient (Wildman–Crippen LogP) is 2.95. The molecule has 0 spiro atoms. The Morgan fingerprint density at radius 1 is 1.17 bits per heavy atom. The number of piperidine rings is 1. The van der Waals surface area contributed by atoms with E-state index in [0.717, 1.165) is 24.8 Å². The number of aryl methyl sites for hydroxylation is 1. The number of benzene rings is 1. The van der Waals surface area contributed by atoms with Crippen molar-refractivity contribution in [1.82, 2.24) is 4.31 Å². The van der Waals surface area contributed by atoms with E-state index in [2.05, 4.69) is 0 Å². The van der Waals surface area contributed by atoms with Gasteiger partial charge in [0.25, 0.3) is 0 Å². The molecule has 1 saturated heterocycles. The average molecular weight is 267 g/mol. The molecule has 0 aromatic heterocycles. The molecule has 2 atom stereocenters. The molecule has 2 rings (SSSR count). The fourth-order valence-corrected chi connectivity index (χ4v) is 4.76. The highest BCUT2D eigenvalue weighted by Crippen LogP contribution is 2.29. The van der Waals surface area contributed by atoms with Crippen molar-refractivity contribution in [3.05, 3.63) is 29.8 Å². The average Bonchev–Trinajstić information content (AvgIpc) is 2.28. The summed E-state index contributed by atoms with van der Waals surface area (Å²) in [7, 11) is -3.35. The number of rotatable bonds is 2. The molecular weight excluding hydrogens is 246 g/mol. The van der Waals surface area contributed by atoms with Crippen molar-refractivity contribution in [2.24, 2.45) is 0 Å². The van der Waals surface area contributed by atoms with Crippen LogP contribution < -0.4 is 0 Å². The molecule has 0 bridgehead atoms. The Morgan fingerprint density at radius 3 is 2.33 bits per heavy atom. The second kappa shape index (κ2) is 5.02. The molecule has 100 valence electrons. The first kappa shape index (κ1) is 13.6. The van der Waals surface area contributed by atoms with E-state index >= 15 is 0 Å². The monoisotopic (exact) mass is 267 g/mol. The van der Waals surface area contributed by atoms with Gasteiger partial charge < -0.3 is 0 Å². The number of hydrogen-bond donors (Lipinski definition) is 0. The van der Waals surface area contributed by atoms with E-state index < -0.39 is 10.0 Å².